The maximum atomic E-state index is 12.6. The van der Waals surface area contributed by atoms with E-state index in [1.165, 1.54) is 0 Å². The van der Waals surface area contributed by atoms with Crippen molar-refractivity contribution in [2.45, 2.75) is 44.9 Å². The lowest BCUT2D eigenvalue weighted by atomic mass is 10.00. The second kappa shape index (κ2) is 8.10. The SMILES string of the molecule is CCCCc1cc(Br)c2c(c1OCS)C(=O)C(OCC(F)(F)F)C2. The van der Waals surface area contributed by atoms with Gasteiger partial charge in [-0.15, -0.1) is 12.6 Å². The van der Waals surface area contributed by atoms with Gasteiger partial charge in [0.25, 0.3) is 0 Å². The Morgan fingerprint density at radius 1 is 1.42 bits per heavy atom. The van der Waals surface area contributed by atoms with E-state index >= 15 is 0 Å². The van der Waals surface area contributed by atoms with Crippen molar-refractivity contribution < 1.29 is 27.4 Å². The van der Waals surface area contributed by atoms with E-state index in [-0.39, 0.29) is 12.4 Å². The van der Waals surface area contributed by atoms with E-state index in [0.717, 1.165) is 18.4 Å². The number of fused-ring (bicyclic) bond motifs is 1. The molecule has 1 aliphatic carbocycles. The predicted octanol–water partition coefficient (Wildman–Crippen LogP) is 4.74. The zero-order chi connectivity index (χ0) is 17.9. The Bertz CT molecular complexity index is 620. The molecule has 134 valence electrons. The summed E-state index contributed by atoms with van der Waals surface area (Å²) in [5.74, 6) is 0.0269. The number of thiol groups is 1. The zero-order valence-corrected chi connectivity index (χ0v) is 15.6. The van der Waals surface area contributed by atoms with Crippen molar-refractivity contribution in [3.8, 4) is 5.75 Å². The van der Waals surface area contributed by atoms with Crippen LogP contribution in [0.15, 0.2) is 10.5 Å². The Labute approximate surface area is 152 Å². The number of hydrogen-bond donors (Lipinski definition) is 1. The lowest BCUT2D eigenvalue weighted by Crippen LogP contribution is -2.27. The van der Waals surface area contributed by atoms with Crippen molar-refractivity contribution in [2.24, 2.45) is 0 Å². The molecule has 0 amide bonds. The Kier molecular flexibility index (Phi) is 6.61. The summed E-state index contributed by atoms with van der Waals surface area (Å²) in [5, 5.41) is 0. The number of ether oxygens (including phenoxy) is 2. The second-order valence-electron chi connectivity index (χ2n) is 5.56. The first-order valence-corrected chi connectivity index (χ1v) is 9.01. The van der Waals surface area contributed by atoms with Crippen LogP contribution in [0.5, 0.6) is 5.75 Å². The number of hydrogen-bond acceptors (Lipinski definition) is 4. The molecule has 1 unspecified atom stereocenters. The zero-order valence-electron chi connectivity index (χ0n) is 13.1. The summed E-state index contributed by atoms with van der Waals surface area (Å²) in [6, 6.07) is 1.87. The van der Waals surface area contributed by atoms with Crippen molar-refractivity contribution in [3.63, 3.8) is 0 Å². The summed E-state index contributed by atoms with van der Waals surface area (Å²) in [5.41, 5.74) is 1.79. The molecule has 0 bridgehead atoms. The highest BCUT2D eigenvalue weighted by molar-refractivity contribution is 9.10. The van der Waals surface area contributed by atoms with Gasteiger partial charge in [0.05, 0.1) is 5.56 Å². The molecule has 0 radical (unpaired) electrons. The van der Waals surface area contributed by atoms with E-state index in [9.17, 15) is 18.0 Å². The van der Waals surface area contributed by atoms with E-state index < -0.39 is 24.7 Å². The number of benzene rings is 1. The lowest BCUT2D eigenvalue weighted by molar-refractivity contribution is -0.179. The molecule has 3 nitrogen and oxygen atoms in total. The molecule has 0 spiro atoms. The molecule has 1 aromatic carbocycles. The van der Waals surface area contributed by atoms with Crippen LogP contribution in [0.4, 0.5) is 13.2 Å². The van der Waals surface area contributed by atoms with E-state index in [1.807, 2.05) is 13.0 Å². The van der Waals surface area contributed by atoms with Crippen molar-refractivity contribution in [3.05, 3.63) is 27.2 Å². The molecule has 1 aliphatic rings. The molecular formula is C16H18BrF3O3S. The van der Waals surface area contributed by atoms with Crippen LogP contribution in [0.1, 0.15) is 41.3 Å². The van der Waals surface area contributed by atoms with Gasteiger partial charge in [0.2, 0.25) is 0 Å². The maximum Gasteiger partial charge on any atom is 0.411 e. The first kappa shape index (κ1) is 19.6. The number of ketones is 1. The largest absolute Gasteiger partial charge is 0.482 e. The van der Waals surface area contributed by atoms with Crippen LogP contribution in [-0.4, -0.2) is 30.6 Å². The Morgan fingerprint density at radius 2 is 2.12 bits per heavy atom. The molecule has 1 aromatic rings. The van der Waals surface area contributed by atoms with Crippen molar-refractivity contribution in [1.29, 1.82) is 0 Å². The van der Waals surface area contributed by atoms with E-state index in [1.54, 1.807) is 0 Å². The Balaban J connectivity index is 2.34. The predicted molar refractivity (Wildman–Crippen MR) is 91.1 cm³/mol. The van der Waals surface area contributed by atoms with Crippen molar-refractivity contribution in [2.75, 3.05) is 12.5 Å². The highest BCUT2D eigenvalue weighted by Gasteiger charge is 2.39. The van der Waals surface area contributed by atoms with E-state index in [4.69, 9.17) is 9.47 Å². The van der Waals surface area contributed by atoms with Gasteiger partial charge in [0.1, 0.15) is 24.4 Å². The standard InChI is InChI=1S/C16H18BrF3O3S/c1-2-3-4-9-5-11(17)10-6-12(22-7-16(18,19)20)14(21)13(10)15(9)23-8-24/h5,12,24H,2-4,6-8H2,1H3. The van der Waals surface area contributed by atoms with Gasteiger partial charge in [-0.05, 0) is 30.0 Å². The van der Waals surface area contributed by atoms with Crippen LogP contribution < -0.4 is 4.74 Å². The van der Waals surface area contributed by atoms with Gasteiger partial charge in [-0.1, -0.05) is 29.3 Å². The number of alkyl halides is 3. The third kappa shape index (κ3) is 4.46. The molecule has 0 aromatic heterocycles. The fourth-order valence-corrected chi connectivity index (χ4v) is 3.50. The van der Waals surface area contributed by atoms with Crippen molar-refractivity contribution in [1.82, 2.24) is 0 Å². The van der Waals surface area contributed by atoms with Gasteiger partial charge in [-0.25, -0.2) is 0 Å². The topological polar surface area (TPSA) is 35.5 Å². The summed E-state index contributed by atoms with van der Waals surface area (Å²) in [6.45, 7) is 0.605. The van der Waals surface area contributed by atoms with Crippen LogP contribution in [-0.2, 0) is 17.6 Å². The minimum Gasteiger partial charge on any atom is -0.482 e. The van der Waals surface area contributed by atoms with Gasteiger partial charge < -0.3 is 9.47 Å². The second-order valence-corrected chi connectivity index (χ2v) is 6.67. The number of carbonyl (C=O) groups is 1. The molecular weight excluding hydrogens is 409 g/mol. The van der Waals surface area contributed by atoms with Crippen LogP contribution >= 0.6 is 28.6 Å². The number of carbonyl (C=O) groups excluding carboxylic acids is 1. The van der Waals surface area contributed by atoms with Gasteiger partial charge in [0.15, 0.2) is 5.78 Å². The summed E-state index contributed by atoms with van der Waals surface area (Å²) in [4.78, 5) is 12.6. The molecule has 2 rings (SSSR count). The smallest absolute Gasteiger partial charge is 0.411 e. The van der Waals surface area contributed by atoms with Gasteiger partial charge in [0, 0.05) is 10.9 Å². The van der Waals surface area contributed by atoms with Crippen LogP contribution in [0.2, 0.25) is 0 Å². The average Bonchev–Trinajstić information content (AvgIpc) is 2.83. The highest BCUT2D eigenvalue weighted by Crippen LogP contribution is 2.40. The fraction of sp³-hybridized carbons (Fsp3) is 0.562. The van der Waals surface area contributed by atoms with Gasteiger partial charge >= 0.3 is 6.18 Å². The fourth-order valence-electron chi connectivity index (χ4n) is 2.73. The minimum absolute atomic E-state index is 0.0779. The molecule has 0 aliphatic heterocycles. The summed E-state index contributed by atoms with van der Waals surface area (Å²) in [6.07, 6.45) is -2.91. The average molecular weight is 427 g/mol. The van der Waals surface area contributed by atoms with Crippen LogP contribution in [0.25, 0.3) is 0 Å². The van der Waals surface area contributed by atoms with Crippen LogP contribution in [0, 0.1) is 0 Å². The monoisotopic (exact) mass is 426 g/mol. The highest BCUT2D eigenvalue weighted by atomic mass is 79.9. The van der Waals surface area contributed by atoms with Gasteiger partial charge in [-0.2, -0.15) is 13.2 Å². The minimum atomic E-state index is -4.47. The third-order valence-corrected chi connectivity index (χ3v) is 4.63. The maximum absolute atomic E-state index is 12.6. The lowest BCUT2D eigenvalue weighted by Gasteiger charge is -2.15. The number of aryl methyl sites for hydroxylation is 1. The molecule has 0 heterocycles. The normalized spacial score (nSPS) is 17.2. The summed E-state index contributed by atoms with van der Waals surface area (Å²) in [7, 11) is 0. The molecule has 1 atom stereocenters. The molecule has 8 heteroatoms. The molecule has 0 fully saturated rings. The van der Waals surface area contributed by atoms with Crippen molar-refractivity contribution >= 4 is 34.3 Å². The van der Waals surface area contributed by atoms with E-state index in [0.29, 0.717) is 27.8 Å². The first-order valence-electron chi connectivity index (χ1n) is 7.59. The quantitative estimate of drug-likeness (QED) is 0.504. The number of Topliss-reactive ketones (excluding diaryl/α,β-unsaturated/α-hetero) is 1. The number of halogens is 4. The number of unbranched alkanes of at least 4 members (excludes halogenated alkanes) is 1. The Hall–Kier alpha value is -0.730. The molecule has 0 saturated carbocycles. The number of rotatable bonds is 7. The van der Waals surface area contributed by atoms with Gasteiger partial charge in [-0.3, -0.25) is 4.79 Å². The summed E-state index contributed by atoms with van der Waals surface area (Å²) >= 11 is 7.46. The third-order valence-electron chi connectivity index (χ3n) is 3.79. The van der Waals surface area contributed by atoms with Crippen LogP contribution in [0.3, 0.4) is 0 Å². The Morgan fingerprint density at radius 3 is 2.71 bits per heavy atom. The first-order chi connectivity index (χ1) is 11.3. The summed E-state index contributed by atoms with van der Waals surface area (Å²) < 4.78 is 48.1. The molecule has 0 saturated heterocycles. The van der Waals surface area contributed by atoms with E-state index in [2.05, 4.69) is 28.6 Å². The molecule has 24 heavy (non-hydrogen) atoms. The molecule has 0 N–H and O–H groups in total.